The predicted octanol–water partition coefficient (Wildman–Crippen LogP) is 7.64. The zero-order chi connectivity index (χ0) is 21.6. The molecule has 4 heteroatoms. The van der Waals surface area contributed by atoms with Gasteiger partial charge in [-0.15, -0.1) is 0 Å². The standard InChI is InChI=1S/C26H32Cl2N2/c1-20(2)30(18-21-10-4-3-5-11-21)17-9-16-26(19-29,22-12-6-7-13-22)25-23(27)14-8-15-24(25)28/h3-5,8,10-11,14-15,20,22H,6-7,9,12-13,16-18H2,1-2H3. The molecular weight excluding hydrogens is 411 g/mol. The normalized spacial score (nSPS) is 16.7. The smallest absolute Gasteiger partial charge is 0.0879 e. The van der Waals surface area contributed by atoms with E-state index < -0.39 is 5.41 Å². The van der Waals surface area contributed by atoms with Crippen molar-refractivity contribution in [2.24, 2.45) is 5.92 Å². The highest BCUT2D eigenvalue weighted by Gasteiger charge is 2.44. The maximum atomic E-state index is 10.5. The van der Waals surface area contributed by atoms with E-state index in [9.17, 15) is 5.26 Å². The zero-order valence-electron chi connectivity index (χ0n) is 18.1. The number of hydrogen-bond donors (Lipinski definition) is 0. The van der Waals surface area contributed by atoms with E-state index in [0.717, 1.165) is 44.3 Å². The van der Waals surface area contributed by atoms with E-state index in [4.69, 9.17) is 23.2 Å². The third-order valence-electron chi connectivity index (χ3n) is 6.64. The van der Waals surface area contributed by atoms with Gasteiger partial charge in [-0.3, -0.25) is 4.90 Å². The minimum Gasteiger partial charge on any atom is -0.297 e. The molecule has 1 saturated carbocycles. The van der Waals surface area contributed by atoms with Crippen LogP contribution in [0.1, 0.15) is 63.5 Å². The first-order valence-corrected chi connectivity index (χ1v) is 11.9. The van der Waals surface area contributed by atoms with Gasteiger partial charge in [0.15, 0.2) is 0 Å². The highest BCUT2D eigenvalue weighted by Crippen LogP contribution is 2.49. The summed E-state index contributed by atoms with van der Waals surface area (Å²) in [6.45, 7) is 6.35. The first-order chi connectivity index (χ1) is 14.5. The van der Waals surface area contributed by atoms with Crippen LogP contribution in [-0.4, -0.2) is 17.5 Å². The largest absolute Gasteiger partial charge is 0.297 e. The second-order valence-corrected chi connectivity index (χ2v) is 9.63. The fraction of sp³-hybridized carbons (Fsp3) is 0.500. The lowest BCUT2D eigenvalue weighted by atomic mass is 9.67. The molecule has 0 aromatic heterocycles. The molecular formula is C26H32Cl2N2. The van der Waals surface area contributed by atoms with Gasteiger partial charge in [-0.05, 0) is 69.7 Å². The van der Waals surface area contributed by atoms with Gasteiger partial charge in [0.2, 0.25) is 0 Å². The van der Waals surface area contributed by atoms with Crippen LogP contribution in [0.15, 0.2) is 48.5 Å². The van der Waals surface area contributed by atoms with Crippen molar-refractivity contribution in [3.8, 4) is 6.07 Å². The molecule has 0 aliphatic heterocycles. The number of hydrogen-bond acceptors (Lipinski definition) is 2. The Morgan fingerprint density at radius 1 is 1.03 bits per heavy atom. The Morgan fingerprint density at radius 2 is 1.67 bits per heavy atom. The van der Waals surface area contributed by atoms with Crippen LogP contribution < -0.4 is 0 Å². The lowest BCUT2D eigenvalue weighted by Gasteiger charge is -2.36. The number of rotatable bonds is 9. The van der Waals surface area contributed by atoms with E-state index in [0.29, 0.717) is 22.0 Å². The third-order valence-corrected chi connectivity index (χ3v) is 7.27. The van der Waals surface area contributed by atoms with Gasteiger partial charge in [0.1, 0.15) is 0 Å². The fourth-order valence-corrected chi connectivity index (χ4v) is 5.71. The average molecular weight is 443 g/mol. The van der Waals surface area contributed by atoms with Gasteiger partial charge in [0.05, 0.1) is 11.5 Å². The van der Waals surface area contributed by atoms with Crippen molar-refractivity contribution in [1.29, 1.82) is 5.26 Å². The second-order valence-electron chi connectivity index (χ2n) is 8.81. The molecule has 0 radical (unpaired) electrons. The van der Waals surface area contributed by atoms with E-state index in [1.807, 2.05) is 18.2 Å². The van der Waals surface area contributed by atoms with Gasteiger partial charge in [0, 0.05) is 28.2 Å². The van der Waals surface area contributed by atoms with Gasteiger partial charge >= 0.3 is 0 Å². The van der Waals surface area contributed by atoms with Gasteiger partial charge in [-0.25, -0.2) is 0 Å². The Labute approximate surface area is 191 Å². The molecule has 0 heterocycles. The molecule has 1 atom stereocenters. The van der Waals surface area contributed by atoms with Crippen molar-refractivity contribution in [3.05, 3.63) is 69.7 Å². The minimum absolute atomic E-state index is 0.321. The highest BCUT2D eigenvalue weighted by atomic mass is 35.5. The van der Waals surface area contributed by atoms with Crippen LogP contribution in [0.4, 0.5) is 0 Å². The molecule has 2 aromatic carbocycles. The Morgan fingerprint density at radius 3 is 2.23 bits per heavy atom. The van der Waals surface area contributed by atoms with Crippen LogP contribution in [0.3, 0.4) is 0 Å². The molecule has 0 spiro atoms. The summed E-state index contributed by atoms with van der Waals surface area (Å²) in [6.07, 6.45) is 6.25. The van der Waals surface area contributed by atoms with Gasteiger partial charge in [0.25, 0.3) is 0 Å². The second kappa shape index (κ2) is 10.7. The molecule has 0 bridgehead atoms. The van der Waals surface area contributed by atoms with Crippen molar-refractivity contribution in [1.82, 2.24) is 4.90 Å². The SMILES string of the molecule is CC(C)N(CCCC(C#N)(c1c(Cl)cccc1Cl)C1CCCC1)Cc1ccccc1. The average Bonchev–Trinajstić information content (AvgIpc) is 3.27. The lowest BCUT2D eigenvalue weighted by Crippen LogP contribution is -2.36. The van der Waals surface area contributed by atoms with Crippen molar-refractivity contribution in [3.63, 3.8) is 0 Å². The van der Waals surface area contributed by atoms with Crippen LogP contribution in [0.5, 0.6) is 0 Å². The van der Waals surface area contributed by atoms with Gasteiger partial charge in [-0.2, -0.15) is 5.26 Å². The van der Waals surface area contributed by atoms with Crippen molar-refractivity contribution in [2.75, 3.05) is 6.54 Å². The number of halogens is 2. The van der Waals surface area contributed by atoms with Crippen LogP contribution in [0.25, 0.3) is 0 Å². The molecule has 1 fully saturated rings. The molecule has 160 valence electrons. The summed E-state index contributed by atoms with van der Waals surface area (Å²) in [4.78, 5) is 2.49. The zero-order valence-corrected chi connectivity index (χ0v) is 19.6. The van der Waals surface area contributed by atoms with Crippen LogP contribution in [0, 0.1) is 17.2 Å². The fourth-order valence-electron chi connectivity index (χ4n) is 4.98. The molecule has 30 heavy (non-hydrogen) atoms. The maximum Gasteiger partial charge on any atom is 0.0879 e. The maximum absolute atomic E-state index is 10.5. The van der Waals surface area contributed by atoms with Gasteiger partial charge < -0.3 is 0 Å². The summed E-state index contributed by atoms with van der Waals surface area (Å²) < 4.78 is 0. The molecule has 1 aliphatic rings. The number of benzene rings is 2. The highest BCUT2D eigenvalue weighted by molar-refractivity contribution is 6.36. The Bertz CT molecular complexity index is 833. The summed E-state index contributed by atoms with van der Waals surface area (Å²) in [7, 11) is 0. The van der Waals surface area contributed by atoms with Crippen LogP contribution in [-0.2, 0) is 12.0 Å². The Balaban J connectivity index is 1.81. The topological polar surface area (TPSA) is 27.0 Å². The first kappa shape index (κ1) is 23.1. The number of nitrogens with zero attached hydrogens (tertiary/aromatic N) is 2. The molecule has 1 unspecified atom stereocenters. The summed E-state index contributed by atoms with van der Waals surface area (Å²) >= 11 is 13.2. The van der Waals surface area contributed by atoms with E-state index in [1.54, 1.807) is 0 Å². The third kappa shape index (κ3) is 5.20. The van der Waals surface area contributed by atoms with E-state index in [1.165, 1.54) is 18.4 Å². The molecule has 0 saturated heterocycles. The number of nitriles is 1. The predicted molar refractivity (Wildman–Crippen MR) is 127 cm³/mol. The molecule has 3 rings (SSSR count). The van der Waals surface area contributed by atoms with Crippen LogP contribution >= 0.6 is 23.2 Å². The quantitative estimate of drug-likeness (QED) is 0.398. The summed E-state index contributed by atoms with van der Waals surface area (Å²) in [6, 6.07) is 19.4. The first-order valence-electron chi connectivity index (χ1n) is 11.1. The van der Waals surface area contributed by atoms with Crippen molar-refractivity contribution < 1.29 is 0 Å². The summed E-state index contributed by atoms with van der Waals surface area (Å²) in [5.74, 6) is 0.321. The molecule has 0 amide bonds. The summed E-state index contributed by atoms with van der Waals surface area (Å²) in [5.41, 5.74) is 1.56. The Hall–Kier alpha value is -1.53. The Kier molecular flexibility index (Phi) is 8.23. The summed E-state index contributed by atoms with van der Waals surface area (Å²) in [5, 5.41) is 11.7. The van der Waals surface area contributed by atoms with E-state index in [2.05, 4.69) is 55.1 Å². The molecule has 1 aliphatic carbocycles. The van der Waals surface area contributed by atoms with Crippen LogP contribution in [0.2, 0.25) is 10.0 Å². The molecule has 0 N–H and O–H groups in total. The minimum atomic E-state index is -0.610. The molecule has 2 aromatic rings. The van der Waals surface area contributed by atoms with Gasteiger partial charge in [-0.1, -0.05) is 72.4 Å². The van der Waals surface area contributed by atoms with Crippen molar-refractivity contribution >= 4 is 23.2 Å². The van der Waals surface area contributed by atoms with E-state index >= 15 is 0 Å². The van der Waals surface area contributed by atoms with Crippen molar-refractivity contribution in [2.45, 2.75) is 70.4 Å². The lowest BCUT2D eigenvalue weighted by molar-refractivity contribution is 0.197. The monoisotopic (exact) mass is 442 g/mol. The van der Waals surface area contributed by atoms with E-state index in [-0.39, 0.29) is 0 Å². The molecule has 2 nitrogen and oxygen atoms in total.